The van der Waals surface area contributed by atoms with Gasteiger partial charge in [-0.25, -0.2) is 13.6 Å². The lowest BCUT2D eigenvalue weighted by molar-refractivity contribution is -0.151. The Hall–Kier alpha value is -2.04. The smallest absolute Gasteiger partial charge is 0.341 e. The Morgan fingerprint density at radius 3 is 2.75 bits per heavy atom. The molecule has 0 radical (unpaired) electrons. The average molecular weight is 333 g/mol. The topological polar surface area (TPSA) is 39.2 Å². The van der Waals surface area contributed by atoms with E-state index in [1.54, 1.807) is 19.2 Å². The number of carbonyl (C=O) groups excluding carboxylic acids is 1. The quantitative estimate of drug-likeness (QED) is 0.771. The van der Waals surface area contributed by atoms with Gasteiger partial charge in [-0.3, -0.25) is 4.98 Å². The van der Waals surface area contributed by atoms with Crippen molar-refractivity contribution >= 4 is 16.9 Å². The van der Waals surface area contributed by atoms with Gasteiger partial charge in [0.2, 0.25) is 0 Å². The highest BCUT2D eigenvalue weighted by Gasteiger charge is 2.33. The standard InChI is InChI=1S/C19H21F2NO2/c1-2-24-19(23)18(21)13-5-3-12(4-6-13)15-9-10-22-17-8-7-14(20)11-16(15)17/h7-13,18H,2-6H2,1H3. The maximum Gasteiger partial charge on any atom is 0.341 e. The molecule has 128 valence electrons. The summed E-state index contributed by atoms with van der Waals surface area (Å²) in [5.74, 6) is -1.08. The fourth-order valence-corrected chi connectivity index (χ4v) is 3.63. The monoisotopic (exact) mass is 333 g/mol. The lowest BCUT2D eigenvalue weighted by atomic mass is 9.76. The van der Waals surface area contributed by atoms with Crippen LogP contribution in [0.3, 0.4) is 0 Å². The lowest BCUT2D eigenvalue weighted by Crippen LogP contribution is -2.30. The van der Waals surface area contributed by atoms with Crippen LogP contribution in [0.15, 0.2) is 30.5 Å². The van der Waals surface area contributed by atoms with Gasteiger partial charge in [0.1, 0.15) is 5.82 Å². The Morgan fingerprint density at radius 2 is 2.04 bits per heavy atom. The molecule has 1 atom stereocenters. The molecular weight excluding hydrogens is 312 g/mol. The van der Waals surface area contributed by atoms with Crippen LogP contribution in [0.5, 0.6) is 0 Å². The number of nitrogens with zero attached hydrogens (tertiary/aromatic N) is 1. The number of hydrogen-bond donors (Lipinski definition) is 0. The Labute approximate surface area is 140 Å². The molecule has 1 aliphatic carbocycles. The van der Waals surface area contributed by atoms with Crippen molar-refractivity contribution in [3.05, 3.63) is 41.8 Å². The van der Waals surface area contributed by atoms with Crippen LogP contribution in [-0.4, -0.2) is 23.7 Å². The van der Waals surface area contributed by atoms with Gasteiger partial charge in [-0.15, -0.1) is 0 Å². The van der Waals surface area contributed by atoms with Crippen LogP contribution in [-0.2, 0) is 9.53 Å². The summed E-state index contributed by atoms with van der Waals surface area (Å²) in [7, 11) is 0. The highest BCUT2D eigenvalue weighted by Crippen LogP contribution is 2.40. The second kappa shape index (κ2) is 7.24. The van der Waals surface area contributed by atoms with Crippen molar-refractivity contribution < 1.29 is 18.3 Å². The summed E-state index contributed by atoms with van der Waals surface area (Å²) >= 11 is 0. The Balaban J connectivity index is 1.73. The molecular formula is C19H21F2NO2. The van der Waals surface area contributed by atoms with Crippen molar-refractivity contribution in [1.29, 1.82) is 0 Å². The zero-order valence-corrected chi connectivity index (χ0v) is 13.7. The van der Waals surface area contributed by atoms with E-state index in [9.17, 15) is 13.6 Å². The molecule has 3 rings (SSSR count). The molecule has 1 fully saturated rings. The fourth-order valence-electron chi connectivity index (χ4n) is 3.63. The van der Waals surface area contributed by atoms with E-state index in [1.165, 1.54) is 12.1 Å². The van der Waals surface area contributed by atoms with E-state index in [2.05, 4.69) is 4.98 Å². The van der Waals surface area contributed by atoms with Gasteiger partial charge in [-0.2, -0.15) is 0 Å². The predicted molar refractivity (Wildman–Crippen MR) is 87.9 cm³/mol. The predicted octanol–water partition coefficient (Wildman–Crippen LogP) is 4.55. The van der Waals surface area contributed by atoms with Gasteiger partial charge in [0.15, 0.2) is 6.17 Å². The molecule has 0 spiro atoms. The zero-order valence-electron chi connectivity index (χ0n) is 13.7. The molecule has 1 aromatic heterocycles. The molecule has 2 aromatic rings. The van der Waals surface area contributed by atoms with Crippen molar-refractivity contribution in [2.75, 3.05) is 6.61 Å². The molecule has 3 nitrogen and oxygen atoms in total. The van der Waals surface area contributed by atoms with Crippen molar-refractivity contribution in [3.63, 3.8) is 0 Å². The van der Waals surface area contributed by atoms with Crippen LogP contribution in [0.2, 0.25) is 0 Å². The number of fused-ring (bicyclic) bond motifs is 1. The van der Waals surface area contributed by atoms with E-state index < -0.39 is 12.1 Å². The zero-order chi connectivity index (χ0) is 17.1. The van der Waals surface area contributed by atoms with Gasteiger partial charge in [0, 0.05) is 17.5 Å². The summed E-state index contributed by atoms with van der Waals surface area (Å²) in [4.78, 5) is 15.8. The highest BCUT2D eigenvalue weighted by molar-refractivity contribution is 5.82. The van der Waals surface area contributed by atoms with Crippen molar-refractivity contribution in [2.24, 2.45) is 5.92 Å². The largest absolute Gasteiger partial charge is 0.464 e. The van der Waals surface area contributed by atoms with E-state index in [-0.39, 0.29) is 24.3 Å². The number of pyridine rings is 1. The van der Waals surface area contributed by atoms with Gasteiger partial charge < -0.3 is 4.74 Å². The molecule has 1 aromatic carbocycles. The van der Waals surface area contributed by atoms with Crippen LogP contribution in [0.25, 0.3) is 10.9 Å². The van der Waals surface area contributed by atoms with Crippen molar-refractivity contribution in [3.8, 4) is 0 Å². The second-order valence-corrected chi connectivity index (χ2v) is 6.33. The fraction of sp³-hybridized carbons (Fsp3) is 0.474. The van der Waals surface area contributed by atoms with E-state index >= 15 is 0 Å². The van der Waals surface area contributed by atoms with Gasteiger partial charge in [0.05, 0.1) is 12.1 Å². The van der Waals surface area contributed by atoms with Crippen LogP contribution >= 0.6 is 0 Å². The first-order valence-corrected chi connectivity index (χ1v) is 8.45. The summed E-state index contributed by atoms with van der Waals surface area (Å²) in [6, 6.07) is 6.52. The molecule has 0 N–H and O–H groups in total. The van der Waals surface area contributed by atoms with Crippen LogP contribution in [0.4, 0.5) is 8.78 Å². The number of carbonyl (C=O) groups is 1. The van der Waals surface area contributed by atoms with E-state index in [1.807, 2.05) is 6.07 Å². The van der Waals surface area contributed by atoms with Crippen molar-refractivity contribution in [2.45, 2.75) is 44.7 Å². The third-order valence-corrected chi connectivity index (χ3v) is 4.87. The number of rotatable bonds is 4. The summed E-state index contributed by atoms with van der Waals surface area (Å²) in [5.41, 5.74) is 1.83. The summed E-state index contributed by atoms with van der Waals surface area (Å²) in [5, 5.41) is 0.822. The van der Waals surface area contributed by atoms with Gasteiger partial charge in [0.25, 0.3) is 0 Å². The van der Waals surface area contributed by atoms with Gasteiger partial charge >= 0.3 is 5.97 Å². The minimum Gasteiger partial charge on any atom is -0.464 e. The third kappa shape index (κ3) is 3.40. The van der Waals surface area contributed by atoms with E-state index in [4.69, 9.17) is 4.74 Å². The minimum absolute atomic E-state index is 0.198. The summed E-state index contributed by atoms with van der Waals surface area (Å²) < 4.78 is 32.5. The third-order valence-electron chi connectivity index (χ3n) is 4.87. The molecule has 1 heterocycles. The number of benzene rings is 1. The minimum atomic E-state index is -1.54. The average Bonchev–Trinajstić information content (AvgIpc) is 2.61. The number of esters is 1. The molecule has 0 aliphatic heterocycles. The Bertz CT molecular complexity index is 726. The molecule has 0 saturated heterocycles. The van der Waals surface area contributed by atoms with Crippen LogP contribution < -0.4 is 0 Å². The second-order valence-electron chi connectivity index (χ2n) is 6.33. The van der Waals surface area contributed by atoms with E-state index in [0.29, 0.717) is 12.8 Å². The normalized spacial score (nSPS) is 22.3. The lowest BCUT2D eigenvalue weighted by Gasteiger charge is -2.30. The first-order valence-electron chi connectivity index (χ1n) is 8.45. The summed E-state index contributed by atoms with van der Waals surface area (Å²) in [6.07, 6.45) is 3.00. The summed E-state index contributed by atoms with van der Waals surface area (Å²) in [6.45, 7) is 1.87. The number of halogens is 2. The number of hydrogen-bond acceptors (Lipinski definition) is 3. The molecule has 1 saturated carbocycles. The van der Waals surface area contributed by atoms with Gasteiger partial charge in [-0.05, 0) is 68.4 Å². The van der Waals surface area contributed by atoms with Crippen LogP contribution in [0, 0.1) is 11.7 Å². The molecule has 0 amide bonds. The molecule has 24 heavy (non-hydrogen) atoms. The number of aromatic nitrogens is 1. The molecule has 1 aliphatic rings. The van der Waals surface area contributed by atoms with Gasteiger partial charge in [-0.1, -0.05) is 0 Å². The Kier molecular flexibility index (Phi) is 5.07. The molecule has 1 unspecified atom stereocenters. The number of alkyl halides is 1. The van der Waals surface area contributed by atoms with Crippen molar-refractivity contribution in [1.82, 2.24) is 4.98 Å². The highest BCUT2D eigenvalue weighted by atomic mass is 19.1. The maximum atomic E-state index is 14.2. The first-order chi connectivity index (χ1) is 11.6. The molecule has 5 heteroatoms. The molecule has 0 bridgehead atoms. The van der Waals surface area contributed by atoms with E-state index in [0.717, 1.165) is 29.3 Å². The Morgan fingerprint density at radius 1 is 1.29 bits per heavy atom. The van der Waals surface area contributed by atoms with Crippen LogP contribution in [0.1, 0.15) is 44.1 Å². The number of ether oxygens (including phenoxy) is 1. The SMILES string of the molecule is CCOC(=O)C(F)C1CCC(c2ccnc3ccc(F)cc23)CC1. The maximum absolute atomic E-state index is 14.2. The first kappa shape index (κ1) is 16.8.